The minimum absolute atomic E-state index is 0.0105. The van der Waals surface area contributed by atoms with Gasteiger partial charge in [-0.1, -0.05) is 12.1 Å². The maximum atomic E-state index is 12.8. The van der Waals surface area contributed by atoms with Crippen LogP contribution < -0.4 is 5.43 Å². The van der Waals surface area contributed by atoms with Crippen LogP contribution in [0.4, 0.5) is 0 Å². The van der Waals surface area contributed by atoms with Gasteiger partial charge in [0.2, 0.25) is 11.8 Å². The molecule has 6 nitrogen and oxygen atoms in total. The first-order chi connectivity index (χ1) is 11.9. The largest absolute Gasteiger partial charge is 0.341 e. The Kier molecular flexibility index (Phi) is 4.61. The first-order valence-electron chi connectivity index (χ1n) is 8.49. The third-order valence-electron chi connectivity index (χ3n) is 5.08. The van der Waals surface area contributed by atoms with Gasteiger partial charge in [0.25, 0.3) is 0 Å². The lowest BCUT2D eigenvalue weighted by atomic mass is 10.2. The highest BCUT2D eigenvalue weighted by Crippen LogP contribution is 2.17. The molecule has 1 aromatic heterocycles. The lowest BCUT2D eigenvalue weighted by Crippen LogP contribution is -2.39. The number of likely N-dealkylation sites (N-methyl/N-ethyl adjacent to an activating group) is 1. The van der Waals surface area contributed by atoms with Crippen LogP contribution >= 0.6 is 0 Å². The Balaban J connectivity index is 1.82. The zero-order valence-electron chi connectivity index (χ0n) is 14.9. The molecule has 1 aliphatic heterocycles. The molecule has 0 saturated carbocycles. The maximum absolute atomic E-state index is 12.8. The summed E-state index contributed by atoms with van der Waals surface area (Å²) >= 11 is 0. The topological polar surface area (TPSA) is 62.6 Å². The number of aromatic nitrogens is 1. The van der Waals surface area contributed by atoms with Crippen molar-refractivity contribution in [3.05, 3.63) is 46.2 Å². The van der Waals surface area contributed by atoms with E-state index in [4.69, 9.17) is 0 Å². The molecule has 2 heterocycles. The second-order valence-corrected chi connectivity index (χ2v) is 6.67. The van der Waals surface area contributed by atoms with Gasteiger partial charge in [0.05, 0.1) is 11.6 Å². The predicted octanol–water partition coefficient (Wildman–Crippen LogP) is 1.39. The summed E-state index contributed by atoms with van der Waals surface area (Å²) in [6.45, 7) is 4.80. The summed E-state index contributed by atoms with van der Waals surface area (Å²) in [7, 11) is 1.78. The summed E-state index contributed by atoms with van der Waals surface area (Å²) < 4.78 is 1.89. The van der Waals surface area contributed by atoms with Crippen molar-refractivity contribution in [3.63, 3.8) is 0 Å². The number of likely N-dealkylation sites (tertiary alicyclic amines) is 1. The number of rotatable bonds is 3. The molecule has 1 atom stereocenters. The molecule has 0 radical (unpaired) electrons. The zero-order valence-corrected chi connectivity index (χ0v) is 14.9. The van der Waals surface area contributed by atoms with Crippen molar-refractivity contribution >= 4 is 22.7 Å². The van der Waals surface area contributed by atoms with Gasteiger partial charge in [-0.2, -0.15) is 0 Å². The van der Waals surface area contributed by atoms with E-state index in [0.717, 1.165) is 17.6 Å². The standard InChI is InChI=1S/C19H23N3O3/c1-13-10-18(24)16-6-4-5-7-17(16)22(13)12-19(25)21-9-8-15(11-21)20(3)14(2)23/h4-7,10,15H,8-9,11-12H2,1-3H3/t15-/m0/s1. The Morgan fingerprint density at radius 2 is 2.00 bits per heavy atom. The number of para-hydroxylation sites is 1. The summed E-state index contributed by atoms with van der Waals surface area (Å²) in [6.07, 6.45) is 0.797. The van der Waals surface area contributed by atoms with Crippen molar-refractivity contribution in [1.29, 1.82) is 0 Å². The monoisotopic (exact) mass is 341 g/mol. The number of carbonyl (C=O) groups excluding carboxylic acids is 2. The minimum Gasteiger partial charge on any atom is -0.341 e. The maximum Gasteiger partial charge on any atom is 0.242 e. The molecule has 3 rings (SSSR count). The van der Waals surface area contributed by atoms with Crippen LogP contribution in [0.15, 0.2) is 35.1 Å². The van der Waals surface area contributed by atoms with Gasteiger partial charge >= 0.3 is 0 Å². The van der Waals surface area contributed by atoms with Gasteiger partial charge in [0, 0.05) is 44.2 Å². The fraction of sp³-hybridized carbons (Fsp3) is 0.421. The van der Waals surface area contributed by atoms with Crippen molar-refractivity contribution in [2.45, 2.75) is 32.9 Å². The van der Waals surface area contributed by atoms with Gasteiger partial charge in [-0.3, -0.25) is 14.4 Å². The first kappa shape index (κ1) is 17.2. The Morgan fingerprint density at radius 3 is 2.72 bits per heavy atom. The van der Waals surface area contributed by atoms with Crippen LogP contribution in [-0.4, -0.2) is 52.4 Å². The number of aryl methyl sites for hydroxylation is 1. The molecular weight excluding hydrogens is 318 g/mol. The molecule has 0 spiro atoms. The summed E-state index contributed by atoms with van der Waals surface area (Å²) in [4.78, 5) is 39.9. The third kappa shape index (κ3) is 3.29. The van der Waals surface area contributed by atoms with Crippen LogP contribution in [0.1, 0.15) is 19.0 Å². The second-order valence-electron chi connectivity index (χ2n) is 6.67. The number of carbonyl (C=O) groups is 2. The number of hydrogen-bond donors (Lipinski definition) is 0. The quantitative estimate of drug-likeness (QED) is 0.847. The van der Waals surface area contributed by atoms with E-state index in [9.17, 15) is 14.4 Å². The molecular formula is C19H23N3O3. The average Bonchev–Trinajstić information content (AvgIpc) is 3.07. The predicted molar refractivity (Wildman–Crippen MR) is 96.4 cm³/mol. The number of benzene rings is 1. The molecule has 0 bridgehead atoms. The van der Waals surface area contributed by atoms with Crippen LogP contribution in [0, 0.1) is 6.92 Å². The molecule has 1 fully saturated rings. The lowest BCUT2D eigenvalue weighted by molar-refractivity contribution is -0.133. The number of fused-ring (bicyclic) bond motifs is 1. The van der Waals surface area contributed by atoms with E-state index < -0.39 is 0 Å². The van der Waals surface area contributed by atoms with E-state index in [-0.39, 0.29) is 29.8 Å². The lowest BCUT2D eigenvalue weighted by Gasteiger charge is -2.24. The normalized spacial score (nSPS) is 17.1. The molecule has 2 aromatic rings. The fourth-order valence-electron chi connectivity index (χ4n) is 3.44. The minimum atomic E-state index is -0.0267. The van der Waals surface area contributed by atoms with Crippen molar-refractivity contribution in [2.24, 2.45) is 0 Å². The smallest absolute Gasteiger partial charge is 0.242 e. The third-order valence-corrected chi connectivity index (χ3v) is 5.08. The number of amides is 2. The highest BCUT2D eigenvalue weighted by Gasteiger charge is 2.30. The summed E-state index contributed by atoms with van der Waals surface area (Å²) in [5.41, 5.74) is 1.52. The molecule has 6 heteroatoms. The average molecular weight is 341 g/mol. The first-order valence-corrected chi connectivity index (χ1v) is 8.49. The highest BCUT2D eigenvalue weighted by atomic mass is 16.2. The molecule has 25 heavy (non-hydrogen) atoms. The van der Waals surface area contributed by atoms with E-state index in [2.05, 4.69) is 0 Å². The summed E-state index contributed by atoms with van der Waals surface area (Å²) in [5, 5.41) is 0.622. The van der Waals surface area contributed by atoms with E-state index in [1.54, 1.807) is 35.9 Å². The number of hydrogen-bond acceptors (Lipinski definition) is 3. The van der Waals surface area contributed by atoms with E-state index in [1.807, 2.05) is 29.7 Å². The molecule has 1 saturated heterocycles. The fourth-order valence-corrected chi connectivity index (χ4v) is 3.44. The van der Waals surface area contributed by atoms with Crippen molar-refractivity contribution in [3.8, 4) is 0 Å². The van der Waals surface area contributed by atoms with Crippen molar-refractivity contribution in [2.75, 3.05) is 20.1 Å². The van der Waals surface area contributed by atoms with Crippen LogP contribution in [0.5, 0.6) is 0 Å². The van der Waals surface area contributed by atoms with Gasteiger partial charge in [0.15, 0.2) is 5.43 Å². The zero-order chi connectivity index (χ0) is 18.1. The Bertz CT molecular complexity index is 887. The van der Waals surface area contributed by atoms with Gasteiger partial charge in [0.1, 0.15) is 6.54 Å². The summed E-state index contributed by atoms with van der Waals surface area (Å²) in [5.74, 6) is 0.0258. The Labute approximate surface area is 146 Å². The van der Waals surface area contributed by atoms with Gasteiger partial charge in [-0.15, -0.1) is 0 Å². The number of nitrogens with zero attached hydrogens (tertiary/aromatic N) is 3. The van der Waals surface area contributed by atoms with E-state index in [0.29, 0.717) is 18.5 Å². The molecule has 132 valence electrons. The highest BCUT2D eigenvalue weighted by molar-refractivity contribution is 5.83. The van der Waals surface area contributed by atoms with Gasteiger partial charge in [-0.05, 0) is 25.5 Å². The van der Waals surface area contributed by atoms with Gasteiger partial charge in [-0.25, -0.2) is 0 Å². The van der Waals surface area contributed by atoms with Crippen molar-refractivity contribution < 1.29 is 9.59 Å². The molecule has 1 aliphatic rings. The van der Waals surface area contributed by atoms with Crippen LogP contribution in [0.3, 0.4) is 0 Å². The van der Waals surface area contributed by atoms with E-state index >= 15 is 0 Å². The molecule has 2 amide bonds. The van der Waals surface area contributed by atoms with Crippen molar-refractivity contribution in [1.82, 2.24) is 14.4 Å². The SMILES string of the molecule is CC(=O)N(C)[C@H]1CCN(C(=O)Cn2c(C)cc(=O)c3ccccc32)C1. The van der Waals surface area contributed by atoms with Crippen LogP contribution in [-0.2, 0) is 16.1 Å². The van der Waals surface area contributed by atoms with Crippen LogP contribution in [0.2, 0.25) is 0 Å². The molecule has 0 N–H and O–H groups in total. The van der Waals surface area contributed by atoms with E-state index in [1.165, 1.54) is 0 Å². The molecule has 0 aliphatic carbocycles. The second kappa shape index (κ2) is 6.70. The Morgan fingerprint density at radius 1 is 1.28 bits per heavy atom. The molecule has 0 unspecified atom stereocenters. The summed E-state index contributed by atoms with van der Waals surface area (Å²) in [6, 6.07) is 9.00. The molecule has 1 aromatic carbocycles. The number of pyridine rings is 1. The van der Waals surface area contributed by atoms with Gasteiger partial charge < -0.3 is 14.4 Å². The Hall–Kier alpha value is -2.63. The van der Waals surface area contributed by atoms with Crippen LogP contribution in [0.25, 0.3) is 10.9 Å².